The molecule has 4 nitrogen and oxygen atoms in total. The first-order valence-corrected chi connectivity index (χ1v) is 5.45. The van der Waals surface area contributed by atoms with Crippen molar-refractivity contribution in [2.24, 2.45) is 11.7 Å². The Bertz CT molecular complexity index is 294. The molecule has 1 aromatic rings. The normalized spacial score (nSPS) is 11.4. The van der Waals surface area contributed by atoms with Gasteiger partial charge >= 0.3 is 0 Å². The van der Waals surface area contributed by atoms with Gasteiger partial charge in [0.15, 0.2) is 0 Å². The molecule has 0 aromatic carbocycles. The lowest BCUT2D eigenvalue weighted by atomic mass is 10.2. The van der Waals surface area contributed by atoms with Crippen molar-refractivity contribution in [1.82, 2.24) is 4.98 Å². The van der Waals surface area contributed by atoms with Crippen LogP contribution in [0.1, 0.15) is 33.4 Å². The van der Waals surface area contributed by atoms with Crippen LogP contribution in [-0.2, 0) is 6.54 Å². The van der Waals surface area contributed by atoms with Gasteiger partial charge in [-0.1, -0.05) is 13.8 Å². The molecule has 15 heavy (non-hydrogen) atoms. The van der Waals surface area contributed by atoms with Gasteiger partial charge < -0.3 is 15.1 Å². The predicted octanol–water partition coefficient (Wildman–Crippen LogP) is 2.00. The molecular weight excluding hydrogens is 190 g/mol. The molecule has 0 saturated heterocycles. The van der Waals surface area contributed by atoms with Gasteiger partial charge in [-0.15, -0.1) is 0 Å². The zero-order valence-corrected chi connectivity index (χ0v) is 10.0. The zero-order chi connectivity index (χ0) is 11.4. The molecule has 0 fully saturated rings. The highest BCUT2D eigenvalue weighted by Crippen LogP contribution is 2.17. The number of nitrogens with zero attached hydrogens (tertiary/aromatic N) is 2. The summed E-state index contributed by atoms with van der Waals surface area (Å²) >= 11 is 0. The van der Waals surface area contributed by atoms with Crippen molar-refractivity contribution in [1.29, 1.82) is 0 Å². The van der Waals surface area contributed by atoms with Crippen molar-refractivity contribution >= 4 is 6.01 Å². The molecule has 1 rings (SSSR count). The Morgan fingerprint density at radius 1 is 1.40 bits per heavy atom. The fourth-order valence-corrected chi connectivity index (χ4v) is 1.43. The topological polar surface area (TPSA) is 55.3 Å². The quantitative estimate of drug-likeness (QED) is 0.809. The van der Waals surface area contributed by atoms with Crippen molar-refractivity contribution in [3.63, 3.8) is 0 Å². The van der Waals surface area contributed by atoms with Gasteiger partial charge in [0.1, 0.15) is 6.26 Å². The molecule has 86 valence electrons. The fourth-order valence-electron chi connectivity index (χ4n) is 1.43. The molecule has 0 amide bonds. The second-order valence-electron chi connectivity index (χ2n) is 4.47. The summed E-state index contributed by atoms with van der Waals surface area (Å²) in [6.45, 7) is 10.0. The maximum Gasteiger partial charge on any atom is 0.297 e. The smallest absolute Gasteiger partial charge is 0.297 e. The predicted molar refractivity (Wildman–Crippen MR) is 61.7 cm³/mol. The third-order valence-electron chi connectivity index (χ3n) is 2.18. The molecule has 0 saturated carbocycles. The van der Waals surface area contributed by atoms with Gasteiger partial charge in [-0.3, -0.25) is 0 Å². The van der Waals surface area contributed by atoms with Crippen LogP contribution < -0.4 is 10.6 Å². The molecular formula is C11H21N3O. The first-order valence-electron chi connectivity index (χ1n) is 5.45. The Morgan fingerprint density at radius 2 is 2.07 bits per heavy atom. The Hall–Kier alpha value is -1.03. The van der Waals surface area contributed by atoms with Gasteiger partial charge in [0.2, 0.25) is 0 Å². The van der Waals surface area contributed by atoms with Crippen molar-refractivity contribution in [3.8, 4) is 0 Å². The summed E-state index contributed by atoms with van der Waals surface area (Å²) in [7, 11) is 0. The number of oxazole rings is 1. The molecule has 0 aliphatic rings. The number of aromatic nitrogens is 1. The number of hydrogen-bond acceptors (Lipinski definition) is 4. The molecule has 0 aliphatic heterocycles. The molecule has 2 N–H and O–H groups in total. The molecule has 0 atom stereocenters. The molecule has 0 aliphatic carbocycles. The molecule has 1 aromatic heterocycles. The highest BCUT2D eigenvalue weighted by molar-refractivity contribution is 5.28. The van der Waals surface area contributed by atoms with E-state index in [1.165, 1.54) is 0 Å². The maximum atomic E-state index is 5.50. The lowest BCUT2D eigenvalue weighted by molar-refractivity contribution is 0.482. The van der Waals surface area contributed by atoms with Crippen LogP contribution >= 0.6 is 0 Å². The van der Waals surface area contributed by atoms with Crippen LogP contribution in [0, 0.1) is 5.92 Å². The minimum atomic E-state index is 0.386. The van der Waals surface area contributed by atoms with E-state index < -0.39 is 0 Å². The second kappa shape index (κ2) is 5.16. The van der Waals surface area contributed by atoms with Crippen molar-refractivity contribution in [2.45, 2.75) is 40.3 Å². The molecule has 0 unspecified atom stereocenters. The Morgan fingerprint density at radius 3 is 2.47 bits per heavy atom. The van der Waals surface area contributed by atoms with E-state index in [1.54, 1.807) is 6.26 Å². The third-order valence-corrected chi connectivity index (χ3v) is 2.18. The summed E-state index contributed by atoms with van der Waals surface area (Å²) in [5.41, 5.74) is 6.30. The van der Waals surface area contributed by atoms with Gasteiger partial charge in [0.05, 0.1) is 5.69 Å². The van der Waals surface area contributed by atoms with Crippen LogP contribution in [0.25, 0.3) is 0 Å². The van der Waals surface area contributed by atoms with Crippen molar-refractivity contribution < 1.29 is 4.42 Å². The first kappa shape index (κ1) is 12.0. The average molecular weight is 211 g/mol. The van der Waals surface area contributed by atoms with E-state index in [1.807, 2.05) is 0 Å². The second-order valence-corrected chi connectivity index (χ2v) is 4.47. The van der Waals surface area contributed by atoms with Crippen LogP contribution in [0.4, 0.5) is 6.01 Å². The highest BCUT2D eigenvalue weighted by Gasteiger charge is 2.17. The minimum absolute atomic E-state index is 0.386. The first-order chi connectivity index (χ1) is 7.04. The van der Waals surface area contributed by atoms with E-state index in [4.69, 9.17) is 10.2 Å². The van der Waals surface area contributed by atoms with Crippen LogP contribution in [0.15, 0.2) is 10.7 Å². The lowest BCUT2D eigenvalue weighted by Gasteiger charge is -2.26. The van der Waals surface area contributed by atoms with E-state index in [2.05, 4.69) is 37.6 Å². The van der Waals surface area contributed by atoms with Crippen LogP contribution in [-0.4, -0.2) is 17.6 Å². The SMILES string of the molecule is CC(C)CN(c1nc(CN)co1)C(C)C. The Labute approximate surface area is 91.5 Å². The summed E-state index contributed by atoms with van der Waals surface area (Å²) in [4.78, 5) is 6.49. The van der Waals surface area contributed by atoms with Crippen LogP contribution in [0.2, 0.25) is 0 Å². The number of hydrogen-bond donors (Lipinski definition) is 1. The lowest BCUT2D eigenvalue weighted by Crippen LogP contribution is -2.34. The highest BCUT2D eigenvalue weighted by atomic mass is 16.4. The van der Waals surface area contributed by atoms with E-state index in [-0.39, 0.29) is 0 Å². The molecule has 1 heterocycles. The van der Waals surface area contributed by atoms with Gasteiger partial charge in [0.25, 0.3) is 6.01 Å². The fraction of sp³-hybridized carbons (Fsp3) is 0.727. The van der Waals surface area contributed by atoms with Gasteiger partial charge in [-0.25, -0.2) is 0 Å². The molecule has 0 radical (unpaired) electrons. The molecule has 0 bridgehead atoms. The van der Waals surface area contributed by atoms with Crippen LogP contribution in [0.3, 0.4) is 0 Å². The summed E-state index contributed by atoms with van der Waals surface area (Å²) in [5, 5.41) is 0. The average Bonchev–Trinajstić information content (AvgIpc) is 2.61. The number of anilines is 1. The van der Waals surface area contributed by atoms with Crippen LogP contribution in [0.5, 0.6) is 0 Å². The van der Waals surface area contributed by atoms with E-state index >= 15 is 0 Å². The Balaban J connectivity index is 2.79. The largest absolute Gasteiger partial charge is 0.432 e. The summed E-state index contributed by atoms with van der Waals surface area (Å²) in [6, 6.07) is 1.07. The third kappa shape index (κ3) is 3.23. The van der Waals surface area contributed by atoms with Crippen molar-refractivity contribution in [3.05, 3.63) is 12.0 Å². The van der Waals surface area contributed by atoms with Crippen molar-refractivity contribution in [2.75, 3.05) is 11.4 Å². The summed E-state index contributed by atoms with van der Waals surface area (Å²) in [5.74, 6) is 0.584. The molecule has 4 heteroatoms. The minimum Gasteiger partial charge on any atom is -0.432 e. The summed E-state index contributed by atoms with van der Waals surface area (Å²) < 4.78 is 5.41. The van der Waals surface area contributed by atoms with Gasteiger partial charge in [0, 0.05) is 19.1 Å². The van der Waals surface area contributed by atoms with Gasteiger partial charge in [-0.05, 0) is 19.8 Å². The van der Waals surface area contributed by atoms with E-state index in [9.17, 15) is 0 Å². The number of rotatable bonds is 5. The van der Waals surface area contributed by atoms with E-state index in [0.29, 0.717) is 24.5 Å². The Kier molecular flexibility index (Phi) is 4.15. The zero-order valence-electron chi connectivity index (χ0n) is 10.0. The molecule has 0 spiro atoms. The maximum absolute atomic E-state index is 5.50. The van der Waals surface area contributed by atoms with E-state index in [0.717, 1.165) is 12.2 Å². The summed E-state index contributed by atoms with van der Waals surface area (Å²) in [6.07, 6.45) is 1.63. The standard InChI is InChI=1S/C11H21N3O/c1-8(2)6-14(9(3)4)11-13-10(5-12)7-15-11/h7-9H,5-6,12H2,1-4H3. The van der Waals surface area contributed by atoms with Gasteiger partial charge in [-0.2, -0.15) is 4.98 Å². The number of nitrogens with two attached hydrogens (primary N) is 1. The monoisotopic (exact) mass is 211 g/mol.